The van der Waals surface area contributed by atoms with Gasteiger partial charge < -0.3 is 5.32 Å². The minimum Gasteiger partial charge on any atom is -0.349 e. The Hall–Kier alpha value is -1.38. The fraction of sp³-hybridized carbons (Fsp3) is 0.533. The fourth-order valence-corrected chi connectivity index (χ4v) is 2.55. The molecule has 2 nitrogen and oxygen atoms in total. The summed E-state index contributed by atoms with van der Waals surface area (Å²) < 4.78 is 13.0. The molecule has 1 saturated carbocycles. The first kappa shape index (κ1) is 13.1. The van der Waals surface area contributed by atoms with Crippen LogP contribution in [0.2, 0.25) is 0 Å². The quantitative estimate of drug-likeness (QED) is 0.854. The van der Waals surface area contributed by atoms with Crippen LogP contribution in [0, 0.1) is 18.7 Å². The third-order valence-electron chi connectivity index (χ3n) is 3.78. The van der Waals surface area contributed by atoms with Crippen molar-refractivity contribution in [1.82, 2.24) is 5.32 Å². The zero-order valence-corrected chi connectivity index (χ0v) is 11.0. The van der Waals surface area contributed by atoms with Crippen molar-refractivity contribution >= 4 is 5.91 Å². The number of hydrogen-bond donors (Lipinski definition) is 1. The molecule has 2 rings (SSSR count). The van der Waals surface area contributed by atoms with Crippen molar-refractivity contribution in [2.75, 3.05) is 0 Å². The Labute approximate surface area is 108 Å². The van der Waals surface area contributed by atoms with E-state index in [-0.39, 0.29) is 17.8 Å². The molecule has 0 aliphatic heterocycles. The Morgan fingerprint density at radius 3 is 2.56 bits per heavy atom. The van der Waals surface area contributed by atoms with Crippen molar-refractivity contribution in [3.63, 3.8) is 0 Å². The lowest BCUT2D eigenvalue weighted by Crippen LogP contribution is -2.37. The normalized spacial score (nSPS) is 23.7. The summed E-state index contributed by atoms with van der Waals surface area (Å²) in [4.78, 5) is 12.1. The van der Waals surface area contributed by atoms with Gasteiger partial charge >= 0.3 is 0 Å². The first-order valence-electron chi connectivity index (χ1n) is 6.63. The lowest BCUT2D eigenvalue weighted by Gasteiger charge is -2.27. The summed E-state index contributed by atoms with van der Waals surface area (Å²) in [6.45, 7) is 4.02. The molecular formula is C15H20FNO. The number of benzene rings is 1. The van der Waals surface area contributed by atoms with E-state index in [0.717, 1.165) is 18.8 Å². The van der Waals surface area contributed by atoms with E-state index in [4.69, 9.17) is 0 Å². The molecule has 0 unspecified atom stereocenters. The van der Waals surface area contributed by atoms with E-state index in [1.807, 2.05) is 0 Å². The molecule has 0 spiro atoms. The first-order chi connectivity index (χ1) is 8.56. The van der Waals surface area contributed by atoms with Gasteiger partial charge in [-0.25, -0.2) is 4.39 Å². The summed E-state index contributed by atoms with van der Waals surface area (Å²) in [6.07, 6.45) is 4.45. The third-order valence-corrected chi connectivity index (χ3v) is 3.78. The van der Waals surface area contributed by atoms with E-state index in [9.17, 15) is 9.18 Å². The number of nitrogens with one attached hydrogen (secondary N) is 1. The number of rotatable bonds is 2. The van der Waals surface area contributed by atoms with Gasteiger partial charge in [0.2, 0.25) is 0 Å². The van der Waals surface area contributed by atoms with Gasteiger partial charge in [-0.1, -0.05) is 6.92 Å². The molecule has 0 aromatic heterocycles. The molecule has 1 N–H and O–H groups in total. The highest BCUT2D eigenvalue weighted by atomic mass is 19.1. The van der Waals surface area contributed by atoms with Crippen LogP contribution >= 0.6 is 0 Å². The lowest BCUT2D eigenvalue weighted by molar-refractivity contribution is 0.0922. The number of hydrogen-bond acceptors (Lipinski definition) is 1. The van der Waals surface area contributed by atoms with Crippen LogP contribution in [0.5, 0.6) is 0 Å². The number of carbonyl (C=O) groups is 1. The van der Waals surface area contributed by atoms with Gasteiger partial charge in [0.05, 0.1) is 0 Å². The molecule has 1 amide bonds. The number of amides is 1. The topological polar surface area (TPSA) is 29.1 Å². The van der Waals surface area contributed by atoms with Crippen molar-refractivity contribution < 1.29 is 9.18 Å². The fourth-order valence-electron chi connectivity index (χ4n) is 2.55. The highest BCUT2D eigenvalue weighted by Crippen LogP contribution is 2.23. The van der Waals surface area contributed by atoms with Crippen molar-refractivity contribution in [2.24, 2.45) is 5.92 Å². The molecule has 18 heavy (non-hydrogen) atoms. The van der Waals surface area contributed by atoms with Gasteiger partial charge in [-0.05, 0) is 62.3 Å². The summed E-state index contributed by atoms with van der Waals surface area (Å²) in [5.41, 5.74) is 1.27. The molecule has 1 aromatic carbocycles. The Morgan fingerprint density at radius 2 is 1.94 bits per heavy atom. The minimum atomic E-state index is -0.296. The average Bonchev–Trinajstić information content (AvgIpc) is 2.32. The largest absolute Gasteiger partial charge is 0.349 e. The van der Waals surface area contributed by atoms with Crippen LogP contribution in [0.3, 0.4) is 0 Å². The number of carbonyl (C=O) groups excluding carboxylic acids is 1. The summed E-state index contributed by atoms with van der Waals surface area (Å²) >= 11 is 0. The van der Waals surface area contributed by atoms with E-state index in [1.165, 1.54) is 25.0 Å². The maximum absolute atomic E-state index is 13.0. The minimum absolute atomic E-state index is 0.0768. The molecule has 3 heteroatoms. The molecule has 0 atom stereocenters. The Kier molecular flexibility index (Phi) is 4.00. The predicted molar refractivity (Wildman–Crippen MR) is 70.0 cm³/mol. The van der Waals surface area contributed by atoms with Gasteiger partial charge in [0.15, 0.2) is 0 Å². The zero-order valence-electron chi connectivity index (χ0n) is 11.0. The second-order valence-corrected chi connectivity index (χ2v) is 5.39. The molecule has 0 radical (unpaired) electrons. The van der Waals surface area contributed by atoms with E-state index in [0.29, 0.717) is 11.1 Å². The smallest absolute Gasteiger partial charge is 0.251 e. The Morgan fingerprint density at radius 1 is 1.28 bits per heavy atom. The maximum atomic E-state index is 13.0. The van der Waals surface area contributed by atoms with Gasteiger partial charge in [0.25, 0.3) is 5.91 Å². The zero-order chi connectivity index (χ0) is 13.1. The van der Waals surface area contributed by atoms with Gasteiger partial charge in [0, 0.05) is 11.6 Å². The molecule has 1 fully saturated rings. The van der Waals surface area contributed by atoms with E-state index in [1.54, 1.807) is 13.0 Å². The molecule has 0 heterocycles. The summed E-state index contributed by atoms with van der Waals surface area (Å²) in [6, 6.07) is 4.58. The molecular weight excluding hydrogens is 229 g/mol. The van der Waals surface area contributed by atoms with Crippen LogP contribution < -0.4 is 5.32 Å². The highest BCUT2D eigenvalue weighted by molar-refractivity contribution is 5.95. The second kappa shape index (κ2) is 5.51. The van der Waals surface area contributed by atoms with Crippen molar-refractivity contribution in [3.05, 3.63) is 35.1 Å². The van der Waals surface area contributed by atoms with Crippen molar-refractivity contribution in [2.45, 2.75) is 45.6 Å². The third kappa shape index (κ3) is 3.09. The molecule has 0 bridgehead atoms. The van der Waals surface area contributed by atoms with Crippen molar-refractivity contribution in [3.8, 4) is 0 Å². The van der Waals surface area contributed by atoms with Gasteiger partial charge in [-0.15, -0.1) is 0 Å². The molecule has 1 aliphatic carbocycles. The van der Waals surface area contributed by atoms with Crippen molar-refractivity contribution in [1.29, 1.82) is 0 Å². The number of halogens is 1. The molecule has 0 saturated heterocycles. The van der Waals surface area contributed by atoms with Gasteiger partial charge in [-0.2, -0.15) is 0 Å². The summed E-state index contributed by atoms with van der Waals surface area (Å²) in [7, 11) is 0. The average molecular weight is 249 g/mol. The lowest BCUT2D eigenvalue weighted by atomic mass is 9.87. The van der Waals surface area contributed by atoms with Crippen LogP contribution in [0.4, 0.5) is 4.39 Å². The van der Waals surface area contributed by atoms with Crippen LogP contribution in [0.15, 0.2) is 18.2 Å². The van der Waals surface area contributed by atoms with E-state index in [2.05, 4.69) is 12.2 Å². The van der Waals surface area contributed by atoms with Gasteiger partial charge in [0.1, 0.15) is 5.82 Å². The molecule has 1 aromatic rings. The van der Waals surface area contributed by atoms with Crippen LogP contribution in [0.1, 0.15) is 48.5 Å². The summed E-state index contributed by atoms with van der Waals surface area (Å²) in [5.74, 6) is 0.397. The summed E-state index contributed by atoms with van der Waals surface area (Å²) in [5, 5.41) is 3.05. The molecule has 98 valence electrons. The molecule has 1 aliphatic rings. The first-order valence-corrected chi connectivity index (χ1v) is 6.63. The van der Waals surface area contributed by atoms with Crippen LogP contribution in [0.25, 0.3) is 0 Å². The van der Waals surface area contributed by atoms with E-state index < -0.39 is 0 Å². The number of aryl methyl sites for hydroxylation is 1. The monoisotopic (exact) mass is 249 g/mol. The van der Waals surface area contributed by atoms with Gasteiger partial charge in [-0.3, -0.25) is 4.79 Å². The van der Waals surface area contributed by atoms with E-state index >= 15 is 0 Å². The van der Waals surface area contributed by atoms with Crippen LogP contribution in [-0.2, 0) is 0 Å². The van der Waals surface area contributed by atoms with Crippen LogP contribution in [-0.4, -0.2) is 11.9 Å². The highest BCUT2D eigenvalue weighted by Gasteiger charge is 2.20. The SMILES string of the molecule is Cc1cc(F)ccc1C(=O)NC1CCC(C)CC1. The predicted octanol–water partition coefficient (Wildman–Crippen LogP) is 3.44. The standard InChI is InChI=1S/C15H20FNO/c1-10-3-6-13(7-4-10)17-15(18)14-8-5-12(16)9-11(14)2/h5,8-10,13H,3-4,6-7H2,1-2H3,(H,17,18). The second-order valence-electron chi connectivity index (χ2n) is 5.39. The Balaban J connectivity index is 1.99. The Bertz CT molecular complexity index is 436. The maximum Gasteiger partial charge on any atom is 0.251 e.